The SMILES string of the molecule is CC(C)(C)C(C(=O)OC1CC1)[C@H](N)C(=O)O. The molecule has 0 radical (unpaired) electrons. The van der Waals surface area contributed by atoms with Crippen LogP contribution >= 0.6 is 0 Å². The number of aliphatic carboxylic acids is 1. The monoisotopic (exact) mass is 229 g/mol. The summed E-state index contributed by atoms with van der Waals surface area (Å²) in [5.41, 5.74) is 5.02. The van der Waals surface area contributed by atoms with E-state index in [0.717, 1.165) is 12.8 Å². The number of esters is 1. The summed E-state index contributed by atoms with van der Waals surface area (Å²) in [6, 6.07) is -1.22. The van der Waals surface area contributed by atoms with E-state index in [1.54, 1.807) is 20.8 Å². The lowest BCUT2D eigenvalue weighted by Crippen LogP contribution is -2.48. The molecule has 0 bridgehead atoms. The first-order valence-electron chi connectivity index (χ1n) is 5.42. The van der Waals surface area contributed by atoms with E-state index in [-0.39, 0.29) is 6.10 Å². The summed E-state index contributed by atoms with van der Waals surface area (Å²) in [7, 11) is 0. The third kappa shape index (κ3) is 3.20. The molecule has 16 heavy (non-hydrogen) atoms. The first-order chi connectivity index (χ1) is 7.23. The van der Waals surface area contributed by atoms with Gasteiger partial charge >= 0.3 is 11.9 Å². The Morgan fingerprint density at radius 1 is 1.38 bits per heavy atom. The molecule has 2 atom stereocenters. The molecular formula is C11H19NO4. The second kappa shape index (κ2) is 4.41. The number of nitrogens with two attached hydrogens (primary N) is 1. The van der Waals surface area contributed by atoms with Crippen LogP contribution in [0.25, 0.3) is 0 Å². The van der Waals surface area contributed by atoms with Crippen molar-refractivity contribution in [1.29, 1.82) is 0 Å². The summed E-state index contributed by atoms with van der Waals surface area (Å²) in [5, 5.41) is 8.88. The van der Waals surface area contributed by atoms with Gasteiger partial charge in [-0.05, 0) is 18.3 Å². The molecule has 0 aromatic carbocycles. The number of carboxylic acids is 1. The van der Waals surface area contributed by atoms with Crippen molar-refractivity contribution in [2.75, 3.05) is 0 Å². The highest BCUT2D eigenvalue weighted by atomic mass is 16.5. The molecule has 1 fully saturated rings. The summed E-state index contributed by atoms with van der Waals surface area (Å²) in [5.74, 6) is -2.48. The molecular weight excluding hydrogens is 210 g/mol. The van der Waals surface area contributed by atoms with E-state index in [1.807, 2.05) is 0 Å². The van der Waals surface area contributed by atoms with Gasteiger partial charge in [-0.3, -0.25) is 9.59 Å². The second-order valence-electron chi connectivity index (χ2n) is 5.34. The predicted octanol–water partition coefficient (Wildman–Crippen LogP) is 0.766. The van der Waals surface area contributed by atoms with Gasteiger partial charge in [-0.15, -0.1) is 0 Å². The van der Waals surface area contributed by atoms with Crippen molar-refractivity contribution in [3.63, 3.8) is 0 Å². The summed E-state index contributed by atoms with van der Waals surface area (Å²) in [6.45, 7) is 5.36. The van der Waals surface area contributed by atoms with E-state index in [0.29, 0.717) is 0 Å². The van der Waals surface area contributed by atoms with Crippen LogP contribution in [0.1, 0.15) is 33.6 Å². The van der Waals surface area contributed by atoms with Gasteiger partial charge in [0.2, 0.25) is 0 Å². The van der Waals surface area contributed by atoms with Gasteiger partial charge in [-0.25, -0.2) is 0 Å². The molecule has 1 aliphatic rings. The number of ether oxygens (including phenoxy) is 1. The minimum Gasteiger partial charge on any atom is -0.480 e. The molecule has 0 aromatic rings. The molecule has 5 heteroatoms. The number of hydrogen-bond acceptors (Lipinski definition) is 4. The molecule has 1 rings (SSSR count). The van der Waals surface area contributed by atoms with Gasteiger partial charge in [-0.2, -0.15) is 0 Å². The Kier molecular flexibility index (Phi) is 3.57. The van der Waals surface area contributed by atoms with Crippen LogP contribution in [-0.4, -0.2) is 29.2 Å². The van der Waals surface area contributed by atoms with Crippen LogP contribution in [0.4, 0.5) is 0 Å². The van der Waals surface area contributed by atoms with E-state index >= 15 is 0 Å². The van der Waals surface area contributed by atoms with Crippen molar-refractivity contribution in [2.45, 2.75) is 45.8 Å². The van der Waals surface area contributed by atoms with Crippen molar-refractivity contribution < 1.29 is 19.4 Å². The molecule has 1 aliphatic carbocycles. The Labute approximate surface area is 95.0 Å². The van der Waals surface area contributed by atoms with Crippen LogP contribution in [0.3, 0.4) is 0 Å². The Balaban J connectivity index is 2.76. The molecule has 1 unspecified atom stereocenters. The lowest BCUT2D eigenvalue weighted by molar-refractivity contribution is -0.160. The molecule has 0 amide bonds. The minimum absolute atomic E-state index is 0.0293. The third-order valence-corrected chi connectivity index (χ3v) is 2.64. The van der Waals surface area contributed by atoms with Crippen molar-refractivity contribution >= 4 is 11.9 Å². The van der Waals surface area contributed by atoms with Gasteiger partial charge in [0.15, 0.2) is 0 Å². The molecule has 1 saturated carbocycles. The maximum Gasteiger partial charge on any atom is 0.321 e. The second-order valence-corrected chi connectivity index (χ2v) is 5.34. The highest BCUT2D eigenvalue weighted by molar-refractivity contribution is 5.84. The average molecular weight is 229 g/mol. The van der Waals surface area contributed by atoms with Crippen molar-refractivity contribution in [3.05, 3.63) is 0 Å². The Morgan fingerprint density at radius 3 is 2.19 bits per heavy atom. The number of carboxylic acid groups (broad SMARTS) is 1. The fraction of sp³-hybridized carbons (Fsp3) is 0.818. The summed E-state index contributed by atoms with van der Waals surface area (Å²) < 4.78 is 5.14. The molecule has 3 N–H and O–H groups in total. The zero-order valence-corrected chi connectivity index (χ0v) is 9.90. The van der Waals surface area contributed by atoms with Gasteiger partial charge < -0.3 is 15.6 Å². The molecule has 0 aliphatic heterocycles. The van der Waals surface area contributed by atoms with Crippen LogP contribution in [-0.2, 0) is 14.3 Å². The fourth-order valence-corrected chi connectivity index (χ4v) is 1.60. The van der Waals surface area contributed by atoms with E-state index in [1.165, 1.54) is 0 Å². The number of hydrogen-bond donors (Lipinski definition) is 2. The van der Waals surface area contributed by atoms with Gasteiger partial charge in [0.1, 0.15) is 12.1 Å². The normalized spacial score (nSPS) is 20.0. The first kappa shape index (κ1) is 13.0. The third-order valence-electron chi connectivity index (χ3n) is 2.64. The lowest BCUT2D eigenvalue weighted by atomic mass is 9.76. The van der Waals surface area contributed by atoms with E-state index < -0.39 is 29.3 Å². The predicted molar refractivity (Wildman–Crippen MR) is 57.7 cm³/mol. The van der Waals surface area contributed by atoms with Crippen molar-refractivity contribution in [2.24, 2.45) is 17.1 Å². The van der Waals surface area contributed by atoms with Crippen LogP contribution in [0.2, 0.25) is 0 Å². The minimum atomic E-state index is -1.22. The van der Waals surface area contributed by atoms with Gasteiger partial charge in [0, 0.05) is 0 Å². The highest BCUT2D eigenvalue weighted by Crippen LogP contribution is 2.32. The van der Waals surface area contributed by atoms with E-state index in [4.69, 9.17) is 15.6 Å². The maximum absolute atomic E-state index is 11.8. The smallest absolute Gasteiger partial charge is 0.321 e. The molecule has 0 saturated heterocycles. The van der Waals surface area contributed by atoms with Crippen LogP contribution in [0, 0.1) is 11.3 Å². The first-order valence-corrected chi connectivity index (χ1v) is 5.42. The largest absolute Gasteiger partial charge is 0.480 e. The van der Waals surface area contributed by atoms with Gasteiger partial charge in [0.05, 0.1) is 5.92 Å². The molecule has 0 aromatic heterocycles. The number of rotatable bonds is 4. The molecule has 92 valence electrons. The quantitative estimate of drug-likeness (QED) is 0.695. The zero-order chi connectivity index (χ0) is 12.5. The summed E-state index contributed by atoms with van der Waals surface area (Å²) in [4.78, 5) is 22.7. The lowest BCUT2D eigenvalue weighted by Gasteiger charge is -2.31. The van der Waals surface area contributed by atoms with E-state index in [9.17, 15) is 9.59 Å². The van der Waals surface area contributed by atoms with Crippen LogP contribution < -0.4 is 5.73 Å². The summed E-state index contributed by atoms with van der Waals surface area (Å²) >= 11 is 0. The number of carbonyl (C=O) groups excluding carboxylic acids is 1. The topological polar surface area (TPSA) is 89.6 Å². The summed E-state index contributed by atoms with van der Waals surface area (Å²) in [6.07, 6.45) is 1.70. The zero-order valence-electron chi connectivity index (χ0n) is 9.90. The highest BCUT2D eigenvalue weighted by Gasteiger charge is 2.42. The standard InChI is InChI=1S/C11H19NO4/c1-11(2,3)7(8(12)9(13)14)10(15)16-6-4-5-6/h6-8H,4-5,12H2,1-3H3,(H,13,14)/t7?,8-/m0/s1. The van der Waals surface area contributed by atoms with E-state index in [2.05, 4.69) is 0 Å². The van der Waals surface area contributed by atoms with Crippen molar-refractivity contribution in [3.8, 4) is 0 Å². The van der Waals surface area contributed by atoms with Crippen molar-refractivity contribution in [1.82, 2.24) is 0 Å². The Morgan fingerprint density at radius 2 is 1.88 bits per heavy atom. The molecule has 5 nitrogen and oxygen atoms in total. The molecule has 0 heterocycles. The van der Waals surface area contributed by atoms with Gasteiger partial charge in [0.25, 0.3) is 0 Å². The average Bonchev–Trinajstić information content (AvgIpc) is 2.85. The fourth-order valence-electron chi connectivity index (χ4n) is 1.60. The Hall–Kier alpha value is -1.10. The van der Waals surface area contributed by atoms with Gasteiger partial charge in [-0.1, -0.05) is 20.8 Å². The number of carbonyl (C=O) groups is 2. The molecule has 0 spiro atoms. The maximum atomic E-state index is 11.8. The van der Waals surface area contributed by atoms with Crippen LogP contribution in [0.5, 0.6) is 0 Å². The Bertz CT molecular complexity index is 291. The van der Waals surface area contributed by atoms with Crippen LogP contribution in [0.15, 0.2) is 0 Å².